The summed E-state index contributed by atoms with van der Waals surface area (Å²) in [5.74, 6) is -0.789. The predicted molar refractivity (Wildman–Crippen MR) is 66.3 cm³/mol. The molecule has 0 saturated carbocycles. The number of hydrogen-bond acceptors (Lipinski definition) is 3. The van der Waals surface area contributed by atoms with E-state index in [9.17, 15) is 9.59 Å². The topological polar surface area (TPSA) is 72.2 Å². The van der Waals surface area contributed by atoms with E-state index in [1.807, 2.05) is 6.07 Å². The van der Waals surface area contributed by atoms with Crippen molar-refractivity contribution in [2.45, 2.75) is 13.8 Å². The summed E-state index contributed by atoms with van der Waals surface area (Å²) in [5, 5.41) is 9.06. The van der Waals surface area contributed by atoms with Gasteiger partial charge in [0.2, 0.25) is 0 Å². The summed E-state index contributed by atoms with van der Waals surface area (Å²) in [7, 11) is 0. The average Bonchev–Trinajstić information content (AvgIpc) is 2.28. The Morgan fingerprint density at radius 3 is 2.39 bits per heavy atom. The van der Waals surface area contributed by atoms with Crippen molar-refractivity contribution in [2.24, 2.45) is 0 Å². The molecule has 1 heterocycles. The summed E-state index contributed by atoms with van der Waals surface area (Å²) in [5.41, 5.74) is -0.00432. The second-order valence-electron chi connectivity index (χ2n) is 3.90. The van der Waals surface area contributed by atoms with Gasteiger partial charge in [0, 0.05) is 0 Å². The number of carbonyl (C=O) groups is 1. The molecule has 0 saturated heterocycles. The molecule has 2 aromatic rings. The number of carboxylic acid groups (broad SMARTS) is 1. The van der Waals surface area contributed by atoms with Gasteiger partial charge in [-0.25, -0.2) is 9.78 Å². The maximum Gasteiger partial charge on any atom is 0.343 e. The van der Waals surface area contributed by atoms with Crippen molar-refractivity contribution in [2.75, 3.05) is 0 Å². The lowest BCUT2D eigenvalue weighted by molar-refractivity contribution is 0.0693. The molecule has 0 aliphatic rings. The molecule has 92 valence electrons. The van der Waals surface area contributed by atoms with Gasteiger partial charge in [-0.05, 0) is 26.0 Å². The molecular weight excluding hydrogens is 232 g/mol. The summed E-state index contributed by atoms with van der Waals surface area (Å²) in [6.07, 6.45) is 0. The number of nitrogens with zero attached hydrogens (tertiary/aromatic N) is 2. The first-order chi connectivity index (χ1) is 8.52. The Morgan fingerprint density at radius 2 is 1.83 bits per heavy atom. The number of aryl methyl sites for hydroxylation is 2. The fraction of sp³-hybridized carbons (Fsp3) is 0.154. The number of hydrogen-bond donors (Lipinski definition) is 1. The molecule has 1 aromatic carbocycles. The molecule has 0 bridgehead atoms. The van der Waals surface area contributed by atoms with E-state index in [0.29, 0.717) is 11.5 Å². The van der Waals surface area contributed by atoms with Crippen LogP contribution in [0.4, 0.5) is 0 Å². The predicted octanol–water partition coefficient (Wildman–Crippen LogP) is 1.55. The van der Waals surface area contributed by atoms with E-state index >= 15 is 0 Å². The van der Waals surface area contributed by atoms with Crippen molar-refractivity contribution >= 4 is 5.97 Å². The van der Waals surface area contributed by atoms with E-state index in [1.165, 1.54) is 11.5 Å². The molecule has 0 aliphatic carbocycles. The highest BCUT2D eigenvalue weighted by atomic mass is 16.4. The maximum atomic E-state index is 12.2. The Morgan fingerprint density at radius 1 is 1.22 bits per heavy atom. The monoisotopic (exact) mass is 244 g/mol. The van der Waals surface area contributed by atoms with Crippen LogP contribution < -0.4 is 5.56 Å². The van der Waals surface area contributed by atoms with Crippen molar-refractivity contribution in [3.8, 4) is 5.69 Å². The van der Waals surface area contributed by atoms with Crippen LogP contribution >= 0.6 is 0 Å². The Bertz CT molecular complexity index is 660. The zero-order valence-electron chi connectivity index (χ0n) is 10.0. The SMILES string of the molecule is Cc1nc(C)n(-c2ccccc2)c(=O)c1C(=O)O. The summed E-state index contributed by atoms with van der Waals surface area (Å²) < 4.78 is 1.30. The molecule has 2 rings (SSSR count). The molecule has 0 amide bonds. The highest BCUT2D eigenvalue weighted by Crippen LogP contribution is 2.09. The van der Waals surface area contributed by atoms with Crippen LogP contribution in [0.2, 0.25) is 0 Å². The van der Waals surface area contributed by atoms with Crippen LogP contribution in [-0.2, 0) is 0 Å². The quantitative estimate of drug-likeness (QED) is 0.869. The number of aromatic carboxylic acids is 1. The van der Waals surface area contributed by atoms with E-state index in [2.05, 4.69) is 4.98 Å². The normalized spacial score (nSPS) is 10.3. The largest absolute Gasteiger partial charge is 0.477 e. The van der Waals surface area contributed by atoms with Gasteiger partial charge in [0.1, 0.15) is 11.4 Å². The Hall–Kier alpha value is -2.43. The van der Waals surface area contributed by atoms with Gasteiger partial charge in [0.05, 0.1) is 11.4 Å². The van der Waals surface area contributed by atoms with Gasteiger partial charge >= 0.3 is 5.97 Å². The highest BCUT2D eigenvalue weighted by molar-refractivity contribution is 5.88. The van der Waals surface area contributed by atoms with Crippen LogP contribution in [0.1, 0.15) is 21.9 Å². The maximum absolute atomic E-state index is 12.2. The Labute approximate surface area is 103 Å². The van der Waals surface area contributed by atoms with Gasteiger partial charge in [0.15, 0.2) is 0 Å². The number of carboxylic acids is 1. The van der Waals surface area contributed by atoms with Crippen LogP contribution in [0.15, 0.2) is 35.1 Å². The Kier molecular flexibility index (Phi) is 2.97. The van der Waals surface area contributed by atoms with Gasteiger partial charge in [-0.15, -0.1) is 0 Å². The van der Waals surface area contributed by atoms with Crippen LogP contribution in [0.25, 0.3) is 5.69 Å². The summed E-state index contributed by atoms with van der Waals surface area (Å²) in [6.45, 7) is 3.19. The minimum Gasteiger partial charge on any atom is -0.477 e. The first-order valence-corrected chi connectivity index (χ1v) is 5.41. The minimum atomic E-state index is -1.25. The minimum absolute atomic E-state index is 0.234. The molecular formula is C13H12N2O3. The van der Waals surface area contributed by atoms with E-state index in [4.69, 9.17) is 5.11 Å². The third-order valence-corrected chi connectivity index (χ3v) is 2.66. The van der Waals surface area contributed by atoms with Crippen LogP contribution in [-0.4, -0.2) is 20.6 Å². The summed E-state index contributed by atoms with van der Waals surface area (Å²) in [4.78, 5) is 27.4. The van der Waals surface area contributed by atoms with Gasteiger partial charge in [-0.1, -0.05) is 18.2 Å². The Balaban J connectivity index is 2.81. The summed E-state index contributed by atoms with van der Waals surface area (Å²) in [6, 6.07) is 8.85. The van der Waals surface area contributed by atoms with E-state index in [-0.39, 0.29) is 11.3 Å². The van der Waals surface area contributed by atoms with E-state index in [0.717, 1.165) is 0 Å². The molecule has 0 aliphatic heterocycles. The lowest BCUT2D eigenvalue weighted by Gasteiger charge is -2.11. The van der Waals surface area contributed by atoms with Crippen molar-refractivity contribution in [3.63, 3.8) is 0 Å². The number of aromatic nitrogens is 2. The third kappa shape index (κ3) is 1.90. The zero-order valence-corrected chi connectivity index (χ0v) is 10.0. The van der Waals surface area contributed by atoms with Gasteiger partial charge < -0.3 is 5.11 Å². The van der Waals surface area contributed by atoms with Gasteiger partial charge in [-0.3, -0.25) is 9.36 Å². The molecule has 1 N–H and O–H groups in total. The van der Waals surface area contributed by atoms with E-state index < -0.39 is 11.5 Å². The molecule has 5 heteroatoms. The van der Waals surface area contributed by atoms with Crippen molar-refractivity contribution in [1.82, 2.24) is 9.55 Å². The average molecular weight is 244 g/mol. The van der Waals surface area contributed by atoms with Crippen LogP contribution in [0, 0.1) is 13.8 Å². The number of benzene rings is 1. The standard InChI is InChI=1S/C13H12N2O3/c1-8-11(13(17)18)12(16)15(9(2)14-8)10-6-4-3-5-7-10/h3-7H,1-2H3,(H,17,18). The van der Waals surface area contributed by atoms with E-state index in [1.54, 1.807) is 31.2 Å². The zero-order chi connectivity index (χ0) is 13.3. The second-order valence-corrected chi connectivity index (χ2v) is 3.90. The van der Waals surface area contributed by atoms with Crippen LogP contribution in [0.5, 0.6) is 0 Å². The van der Waals surface area contributed by atoms with Gasteiger partial charge in [0.25, 0.3) is 5.56 Å². The molecule has 0 unspecified atom stereocenters. The molecule has 0 atom stereocenters. The molecule has 0 fully saturated rings. The summed E-state index contributed by atoms with van der Waals surface area (Å²) >= 11 is 0. The molecule has 1 aromatic heterocycles. The van der Waals surface area contributed by atoms with Crippen molar-refractivity contribution in [3.05, 3.63) is 57.8 Å². The smallest absolute Gasteiger partial charge is 0.343 e. The molecule has 5 nitrogen and oxygen atoms in total. The highest BCUT2D eigenvalue weighted by Gasteiger charge is 2.18. The molecule has 18 heavy (non-hydrogen) atoms. The second kappa shape index (κ2) is 4.44. The number of para-hydroxylation sites is 1. The molecule has 0 radical (unpaired) electrons. The van der Waals surface area contributed by atoms with Crippen molar-refractivity contribution in [1.29, 1.82) is 0 Å². The molecule has 0 spiro atoms. The first-order valence-electron chi connectivity index (χ1n) is 5.41. The lowest BCUT2D eigenvalue weighted by Crippen LogP contribution is -2.29. The van der Waals surface area contributed by atoms with Crippen molar-refractivity contribution < 1.29 is 9.90 Å². The van der Waals surface area contributed by atoms with Gasteiger partial charge in [-0.2, -0.15) is 0 Å². The fourth-order valence-electron chi connectivity index (χ4n) is 1.89. The third-order valence-electron chi connectivity index (χ3n) is 2.66. The van der Waals surface area contributed by atoms with Crippen LogP contribution in [0.3, 0.4) is 0 Å². The lowest BCUT2D eigenvalue weighted by atomic mass is 10.2. The first kappa shape index (κ1) is 12.0. The number of rotatable bonds is 2. The fourth-order valence-corrected chi connectivity index (χ4v) is 1.89.